The van der Waals surface area contributed by atoms with Gasteiger partial charge in [0.1, 0.15) is 16.9 Å². The van der Waals surface area contributed by atoms with Gasteiger partial charge >= 0.3 is 0 Å². The van der Waals surface area contributed by atoms with Crippen molar-refractivity contribution in [3.63, 3.8) is 0 Å². The zero-order valence-corrected chi connectivity index (χ0v) is 18.3. The summed E-state index contributed by atoms with van der Waals surface area (Å²) in [4.78, 5) is 30.3. The summed E-state index contributed by atoms with van der Waals surface area (Å²) in [5, 5.41) is 3.81. The molecule has 0 atom stereocenters. The van der Waals surface area contributed by atoms with Crippen LogP contribution in [0.4, 0.5) is 10.1 Å². The van der Waals surface area contributed by atoms with Gasteiger partial charge in [-0.2, -0.15) is 0 Å². The van der Waals surface area contributed by atoms with Gasteiger partial charge in [0.2, 0.25) is 11.5 Å². The number of aromatic nitrogens is 2. The van der Waals surface area contributed by atoms with Crippen LogP contribution < -0.4 is 10.9 Å². The Bertz CT molecular complexity index is 1320. The number of thioether (sulfide) groups is 1. The molecule has 0 spiro atoms. The number of carbonyl (C=O) groups excluding carboxylic acids is 1. The molecule has 1 amide bonds. The summed E-state index contributed by atoms with van der Waals surface area (Å²) in [6.07, 6.45) is 0.615. The predicted octanol–water partition coefficient (Wildman–Crippen LogP) is 4.44. The fraction of sp³-hybridized carbons (Fsp3) is 0.261. The fourth-order valence-corrected chi connectivity index (χ4v) is 4.14. The first kappa shape index (κ1) is 22.0. The molecule has 32 heavy (non-hydrogen) atoms. The zero-order valence-electron chi connectivity index (χ0n) is 17.5. The van der Waals surface area contributed by atoms with Crippen LogP contribution in [-0.4, -0.2) is 34.4 Å². The van der Waals surface area contributed by atoms with Gasteiger partial charge in [0, 0.05) is 30.8 Å². The first-order valence-electron chi connectivity index (χ1n) is 10.2. The molecule has 166 valence electrons. The second kappa shape index (κ2) is 9.97. The lowest BCUT2D eigenvalue weighted by Crippen LogP contribution is -2.24. The number of ether oxygens (including phenoxy) is 1. The second-order valence-corrected chi connectivity index (χ2v) is 7.97. The number of anilines is 1. The normalized spacial score (nSPS) is 11.3. The molecule has 0 saturated heterocycles. The molecule has 2 aromatic carbocycles. The highest BCUT2D eigenvalue weighted by atomic mass is 32.2. The van der Waals surface area contributed by atoms with E-state index in [1.54, 1.807) is 12.1 Å². The van der Waals surface area contributed by atoms with E-state index in [1.165, 1.54) is 22.8 Å². The molecule has 4 rings (SSSR count). The second-order valence-electron chi connectivity index (χ2n) is 7.02. The van der Waals surface area contributed by atoms with Gasteiger partial charge in [-0.1, -0.05) is 30.0 Å². The number of amides is 1. The predicted molar refractivity (Wildman–Crippen MR) is 123 cm³/mol. The number of nitrogens with one attached hydrogen (secondary N) is 1. The lowest BCUT2D eigenvalue weighted by atomic mass is 10.2. The van der Waals surface area contributed by atoms with Crippen molar-refractivity contribution >= 4 is 45.4 Å². The van der Waals surface area contributed by atoms with E-state index in [0.717, 1.165) is 17.1 Å². The molecule has 0 fully saturated rings. The number of furan rings is 1. The van der Waals surface area contributed by atoms with Crippen LogP contribution in [0.5, 0.6) is 0 Å². The third-order valence-corrected chi connectivity index (χ3v) is 5.74. The smallest absolute Gasteiger partial charge is 0.297 e. The highest BCUT2D eigenvalue weighted by molar-refractivity contribution is 7.99. The molecule has 0 aliphatic heterocycles. The van der Waals surface area contributed by atoms with Crippen molar-refractivity contribution < 1.29 is 18.3 Å². The summed E-state index contributed by atoms with van der Waals surface area (Å²) in [6.45, 7) is 3.39. The van der Waals surface area contributed by atoms with Gasteiger partial charge in [-0.25, -0.2) is 9.37 Å². The number of hydrogen-bond acceptors (Lipinski definition) is 6. The quantitative estimate of drug-likeness (QED) is 0.228. The number of nitrogens with zero attached hydrogens (tertiary/aromatic N) is 2. The maximum absolute atomic E-state index is 13.4. The Morgan fingerprint density at radius 3 is 2.91 bits per heavy atom. The number of para-hydroxylation sites is 1. The first-order chi connectivity index (χ1) is 15.6. The maximum Gasteiger partial charge on any atom is 0.297 e. The number of rotatable bonds is 9. The van der Waals surface area contributed by atoms with Crippen LogP contribution in [0.2, 0.25) is 0 Å². The molecule has 7 nitrogen and oxygen atoms in total. The van der Waals surface area contributed by atoms with Gasteiger partial charge in [-0.3, -0.25) is 14.2 Å². The van der Waals surface area contributed by atoms with E-state index in [2.05, 4.69) is 10.3 Å². The summed E-state index contributed by atoms with van der Waals surface area (Å²) in [7, 11) is 0. The number of halogens is 1. The van der Waals surface area contributed by atoms with Crippen LogP contribution in [0.15, 0.2) is 62.9 Å². The standard InChI is InChI=1S/C23H22FN3O4S/c1-2-30-12-6-11-27-22(29)21-20(17-9-3-4-10-18(17)31-21)26-23(27)32-14-19(28)25-16-8-5-7-15(24)13-16/h3-5,7-10,13H,2,6,11-12,14H2,1H3,(H,25,28). The molecule has 0 aliphatic carbocycles. The third kappa shape index (κ3) is 4.84. The van der Waals surface area contributed by atoms with E-state index < -0.39 is 5.82 Å². The van der Waals surface area contributed by atoms with Crippen molar-refractivity contribution in [3.05, 3.63) is 64.7 Å². The largest absolute Gasteiger partial charge is 0.448 e. The van der Waals surface area contributed by atoms with Crippen LogP contribution in [0.25, 0.3) is 22.1 Å². The van der Waals surface area contributed by atoms with Crippen LogP contribution in [0, 0.1) is 5.82 Å². The van der Waals surface area contributed by atoms with Crippen molar-refractivity contribution in [1.29, 1.82) is 0 Å². The number of benzene rings is 2. The third-order valence-electron chi connectivity index (χ3n) is 4.76. The molecular formula is C23H22FN3O4S. The summed E-state index contributed by atoms with van der Waals surface area (Å²) >= 11 is 1.15. The Morgan fingerprint density at radius 2 is 2.09 bits per heavy atom. The van der Waals surface area contributed by atoms with Crippen molar-refractivity contribution in [1.82, 2.24) is 9.55 Å². The van der Waals surface area contributed by atoms with E-state index in [9.17, 15) is 14.0 Å². The number of hydrogen-bond donors (Lipinski definition) is 1. The van der Waals surface area contributed by atoms with Gasteiger partial charge in [0.05, 0.1) is 5.75 Å². The summed E-state index contributed by atoms with van der Waals surface area (Å²) in [5.74, 6) is -0.749. The Morgan fingerprint density at radius 1 is 1.25 bits per heavy atom. The average Bonchev–Trinajstić information content (AvgIpc) is 3.16. The average molecular weight is 456 g/mol. The molecule has 2 aromatic heterocycles. The molecule has 0 unspecified atom stereocenters. The van der Waals surface area contributed by atoms with E-state index in [4.69, 9.17) is 9.15 Å². The lowest BCUT2D eigenvalue weighted by molar-refractivity contribution is -0.113. The van der Waals surface area contributed by atoms with E-state index in [-0.39, 0.29) is 22.8 Å². The van der Waals surface area contributed by atoms with Crippen molar-refractivity contribution in [2.45, 2.75) is 25.0 Å². The molecule has 0 saturated carbocycles. The summed E-state index contributed by atoms with van der Waals surface area (Å²) < 4.78 is 26.0. The minimum absolute atomic E-state index is 0.00963. The molecule has 9 heteroatoms. The monoisotopic (exact) mass is 455 g/mol. The van der Waals surface area contributed by atoms with Crippen LogP contribution in [-0.2, 0) is 16.1 Å². The molecule has 0 aliphatic rings. The number of carbonyl (C=O) groups is 1. The minimum atomic E-state index is -0.433. The Kier molecular flexibility index (Phi) is 6.87. The van der Waals surface area contributed by atoms with Crippen LogP contribution in [0.1, 0.15) is 13.3 Å². The van der Waals surface area contributed by atoms with Gasteiger partial charge in [-0.05, 0) is 43.7 Å². The number of fused-ring (bicyclic) bond motifs is 3. The van der Waals surface area contributed by atoms with E-state index in [0.29, 0.717) is 48.1 Å². The highest BCUT2D eigenvalue weighted by Crippen LogP contribution is 2.27. The van der Waals surface area contributed by atoms with Gasteiger partial charge in [-0.15, -0.1) is 0 Å². The Labute approximate surface area is 187 Å². The lowest BCUT2D eigenvalue weighted by Gasteiger charge is -2.12. The molecule has 4 aromatic rings. The topological polar surface area (TPSA) is 86.4 Å². The molecule has 0 bridgehead atoms. The molecule has 1 N–H and O–H groups in total. The SMILES string of the molecule is CCOCCCn1c(SCC(=O)Nc2cccc(F)c2)nc2c(oc3ccccc32)c1=O. The fourth-order valence-electron chi connectivity index (χ4n) is 3.32. The van der Waals surface area contributed by atoms with Crippen molar-refractivity contribution in [2.24, 2.45) is 0 Å². The first-order valence-corrected chi connectivity index (χ1v) is 11.2. The summed E-state index contributed by atoms with van der Waals surface area (Å²) in [6, 6.07) is 13.0. The highest BCUT2D eigenvalue weighted by Gasteiger charge is 2.18. The van der Waals surface area contributed by atoms with Crippen molar-refractivity contribution in [3.8, 4) is 0 Å². The molecule has 0 radical (unpaired) electrons. The van der Waals surface area contributed by atoms with Gasteiger partial charge < -0.3 is 14.5 Å². The zero-order chi connectivity index (χ0) is 22.5. The minimum Gasteiger partial charge on any atom is -0.448 e. The van der Waals surface area contributed by atoms with E-state index >= 15 is 0 Å². The Balaban J connectivity index is 1.62. The van der Waals surface area contributed by atoms with Crippen LogP contribution in [0.3, 0.4) is 0 Å². The Hall–Kier alpha value is -3.17. The summed E-state index contributed by atoms with van der Waals surface area (Å²) in [5.41, 5.74) is 1.32. The van der Waals surface area contributed by atoms with Crippen LogP contribution >= 0.6 is 11.8 Å². The van der Waals surface area contributed by atoms with Gasteiger partial charge in [0.15, 0.2) is 5.16 Å². The van der Waals surface area contributed by atoms with Gasteiger partial charge in [0.25, 0.3) is 5.56 Å². The maximum atomic E-state index is 13.4. The molecule has 2 heterocycles. The molecular weight excluding hydrogens is 433 g/mol. The van der Waals surface area contributed by atoms with E-state index in [1.807, 2.05) is 25.1 Å². The van der Waals surface area contributed by atoms with Crippen molar-refractivity contribution in [2.75, 3.05) is 24.3 Å².